The molecule has 0 aliphatic carbocycles. The molecule has 0 amide bonds. The molecule has 6 nitrogen and oxygen atoms in total. The number of nitro benzene ring substituents is 1. The fourth-order valence-electron chi connectivity index (χ4n) is 2.37. The van der Waals surface area contributed by atoms with E-state index in [1.165, 1.54) is 12.1 Å². The Kier molecular flexibility index (Phi) is 4.34. The molecule has 1 aliphatic rings. The molecular formula is C14H19N3O3. The number of hydrogen-bond donors (Lipinski definition) is 0. The summed E-state index contributed by atoms with van der Waals surface area (Å²) in [5, 5.41) is 10.9. The van der Waals surface area contributed by atoms with E-state index in [0.29, 0.717) is 12.0 Å². The van der Waals surface area contributed by atoms with Crippen LogP contribution in [0.5, 0.6) is 0 Å². The Morgan fingerprint density at radius 3 is 2.50 bits per heavy atom. The van der Waals surface area contributed by atoms with Crippen LogP contribution < -0.4 is 4.90 Å². The average molecular weight is 277 g/mol. The number of carbonyl (C=O) groups is 1. The predicted molar refractivity (Wildman–Crippen MR) is 77.4 cm³/mol. The van der Waals surface area contributed by atoms with Crippen molar-refractivity contribution in [2.45, 2.75) is 13.3 Å². The number of piperazine rings is 1. The molecule has 1 heterocycles. The van der Waals surface area contributed by atoms with Gasteiger partial charge in [-0.1, -0.05) is 6.92 Å². The van der Waals surface area contributed by atoms with Crippen molar-refractivity contribution in [3.8, 4) is 0 Å². The summed E-state index contributed by atoms with van der Waals surface area (Å²) < 4.78 is 0. The number of benzene rings is 1. The first kappa shape index (κ1) is 14.5. The van der Waals surface area contributed by atoms with Crippen molar-refractivity contribution >= 4 is 17.2 Å². The SMILES string of the molecule is CCC(=O)c1cc([N+](=O)[O-])ccc1N1CCN(C)CC1. The summed E-state index contributed by atoms with van der Waals surface area (Å²) in [6.07, 6.45) is 0.349. The monoisotopic (exact) mass is 277 g/mol. The van der Waals surface area contributed by atoms with Gasteiger partial charge >= 0.3 is 0 Å². The van der Waals surface area contributed by atoms with Gasteiger partial charge in [-0.25, -0.2) is 0 Å². The van der Waals surface area contributed by atoms with Crippen molar-refractivity contribution in [1.29, 1.82) is 0 Å². The molecule has 2 rings (SSSR count). The first-order valence-electron chi connectivity index (χ1n) is 6.78. The Morgan fingerprint density at radius 1 is 1.30 bits per heavy atom. The molecule has 0 bridgehead atoms. The number of anilines is 1. The highest BCUT2D eigenvalue weighted by atomic mass is 16.6. The summed E-state index contributed by atoms with van der Waals surface area (Å²) in [5.74, 6) is -0.0531. The third kappa shape index (κ3) is 2.96. The van der Waals surface area contributed by atoms with Gasteiger partial charge in [0.05, 0.1) is 4.92 Å². The van der Waals surface area contributed by atoms with Crippen LogP contribution in [-0.2, 0) is 0 Å². The van der Waals surface area contributed by atoms with E-state index in [1.54, 1.807) is 13.0 Å². The van der Waals surface area contributed by atoms with Crippen molar-refractivity contribution < 1.29 is 9.72 Å². The minimum atomic E-state index is -0.458. The number of likely N-dealkylation sites (N-methyl/N-ethyl adjacent to an activating group) is 1. The maximum Gasteiger partial charge on any atom is 0.270 e. The van der Waals surface area contributed by atoms with Gasteiger partial charge in [0.1, 0.15) is 0 Å². The van der Waals surface area contributed by atoms with Gasteiger partial charge in [-0.15, -0.1) is 0 Å². The van der Waals surface area contributed by atoms with E-state index >= 15 is 0 Å². The van der Waals surface area contributed by atoms with Gasteiger partial charge in [0.15, 0.2) is 5.78 Å². The minimum absolute atomic E-state index is 0.0281. The lowest BCUT2D eigenvalue weighted by atomic mass is 10.0. The van der Waals surface area contributed by atoms with Gasteiger partial charge in [0.25, 0.3) is 5.69 Å². The van der Waals surface area contributed by atoms with Crippen molar-refractivity contribution in [3.05, 3.63) is 33.9 Å². The number of nitrogens with zero attached hydrogens (tertiary/aromatic N) is 3. The smallest absolute Gasteiger partial charge is 0.270 e. The first-order chi connectivity index (χ1) is 9.52. The molecule has 0 atom stereocenters. The van der Waals surface area contributed by atoms with Crippen molar-refractivity contribution in [1.82, 2.24) is 4.90 Å². The molecule has 1 aliphatic heterocycles. The topological polar surface area (TPSA) is 66.7 Å². The van der Waals surface area contributed by atoms with Crippen LogP contribution in [0, 0.1) is 10.1 Å². The molecule has 6 heteroatoms. The quantitative estimate of drug-likeness (QED) is 0.478. The van der Waals surface area contributed by atoms with Crippen LogP contribution in [0.1, 0.15) is 23.7 Å². The maximum atomic E-state index is 12.1. The number of hydrogen-bond acceptors (Lipinski definition) is 5. The largest absolute Gasteiger partial charge is 0.368 e. The third-order valence-corrected chi connectivity index (χ3v) is 3.66. The van der Waals surface area contributed by atoms with Crippen molar-refractivity contribution in [2.75, 3.05) is 38.1 Å². The van der Waals surface area contributed by atoms with E-state index in [1.807, 2.05) is 0 Å². The molecule has 1 saturated heterocycles. The lowest BCUT2D eigenvalue weighted by Gasteiger charge is -2.34. The molecule has 0 unspecified atom stereocenters. The zero-order valence-corrected chi connectivity index (χ0v) is 11.8. The van der Waals surface area contributed by atoms with Crippen LogP contribution >= 0.6 is 0 Å². The number of rotatable bonds is 4. The molecule has 0 spiro atoms. The van der Waals surface area contributed by atoms with Gasteiger partial charge in [-0.05, 0) is 13.1 Å². The fourth-order valence-corrected chi connectivity index (χ4v) is 2.37. The van der Waals surface area contributed by atoms with Gasteiger partial charge < -0.3 is 9.80 Å². The van der Waals surface area contributed by atoms with Crippen molar-refractivity contribution in [2.24, 2.45) is 0 Å². The maximum absolute atomic E-state index is 12.1. The van der Waals surface area contributed by atoms with Crippen LogP contribution in [-0.4, -0.2) is 48.8 Å². The summed E-state index contributed by atoms with van der Waals surface area (Å²) in [4.78, 5) is 26.8. The summed E-state index contributed by atoms with van der Waals surface area (Å²) >= 11 is 0. The number of nitro groups is 1. The summed E-state index contributed by atoms with van der Waals surface area (Å²) in [5.41, 5.74) is 1.25. The van der Waals surface area contributed by atoms with Gasteiger partial charge in [-0.3, -0.25) is 14.9 Å². The second-order valence-corrected chi connectivity index (χ2v) is 5.03. The molecule has 1 aromatic carbocycles. The molecule has 1 aromatic rings. The molecule has 108 valence electrons. The lowest BCUT2D eigenvalue weighted by Crippen LogP contribution is -2.45. The van der Waals surface area contributed by atoms with E-state index in [-0.39, 0.29) is 11.5 Å². The van der Waals surface area contributed by atoms with Gasteiger partial charge in [-0.2, -0.15) is 0 Å². The molecule has 0 saturated carbocycles. The predicted octanol–water partition coefficient (Wildman–Crippen LogP) is 1.94. The first-order valence-corrected chi connectivity index (χ1v) is 6.78. The summed E-state index contributed by atoms with van der Waals surface area (Å²) in [6.45, 7) is 5.29. The minimum Gasteiger partial charge on any atom is -0.368 e. The Labute approximate surface area is 118 Å². The zero-order valence-electron chi connectivity index (χ0n) is 11.8. The highest BCUT2D eigenvalue weighted by Gasteiger charge is 2.21. The Bertz CT molecular complexity index is 522. The van der Waals surface area contributed by atoms with E-state index in [9.17, 15) is 14.9 Å². The number of Topliss-reactive ketones (excluding diaryl/α,β-unsaturated/α-hetero) is 1. The van der Waals surface area contributed by atoms with Crippen LogP contribution in [0.2, 0.25) is 0 Å². The van der Waals surface area contributed by atoms with Crippen LogP contribution in [0.3, 0.4) is 0 Å². The molecule has 0 radical (unpaired) electrons. The molecule has 0 aromatic heterocycles. The number of carbonyl (C=O) groups excluding carboxylic acids is 1. The van der Waals surface area contributed by atoms with E-state index < -0.39 is 4.92 Å². The van der Waals surface area contributed by atoms with Gasteiger partial charge in [0.2, 0.25) is 0 Å². The van der Waals surface area contributed by atoms with Crippen molar-refractivity contribution in [3.63, 3.8) is 0 Å². The molecule has 0 N–H and O–H groups in total. The Hall–Kier alpha value is -1.95. The van der Waals surface area contributed by atoms with Gasteiger partial charge in [0, 0.05) is 56.0 Å². The van der Waals surface area contributed by atoms with Crippen LogP contribution in [0.4, 0.5) is 11.4 Å². The average Bonchev–Trinajstić information content (AvgIpc) is 2.46. The summed E-state index contributed by atoms with van der Waals surface area (Å²) in [6, 6.07) is 4.58. The molecule has 20 heavy (non-hydrogen) atoms. The fraction of sp³-hybridized carbons (Fsp3) is 0.500. The lowest BCUT2D eigenvalue weighted by molar-refractivity contribution is -0.384. The van der Waals surface area contributed by atoms with Crippen LogP contribution in [0.15, 0.2) is 18.2 Å². The Morgan fingerprint density at radius 2 is 1.95 bits per heavy atom. The number of ketones is 1. The second kappa shape index (κ2) is 6.00. The highest BCUT2D eigenvalue weighted by molar-refractivity contribution is 6.01. The van der Waals surface area contributed by atoms with E-state index in [4.69, 9.17) is 0 Å². The molecule has 1 fully saturated rings. The zero-order chi connectivity index (χ0) is 14.7. The standard InChI is InChI=1S/C14H19N3O3/c1-3-14(18)12-10-11(17(19)20)4-5-13(12)16-8-6-15(2)7-9-16/h4-5,10H,3,6-9H2,1-2H3. The van der Waals surface area contributed by atoms with E-state index in [0.717, 1.165) is 31.9 Å². The summed E-state index contributed by atoms with van der Waals surface area (Å²) in [7, 11) is 2.06. The third-order valence-electron chi connectivity index (χ3n) is 3.66. The normalized spacial score (nSPS) is 16.2. The molecular weight excluding hydrogens is 258 g/mol. The number of non-ortho nitro benzene ring substituents is 1. The van der Waals surface area contributed by atoms with Crippen LogP contribution in [0.25, 0.3) is 0 Å². The Balaban J connectivity index is 2.36. The van der Waals surface area contributed by atoms with E-state index in [2.05, 4.69) is 16.8 Å². The highest BCUT2D eigenvalue weighted by Crippen LogP contribution is 2.27. The second-order valence-electron chi connectivity index (χ2n) is 5.03.